The number of aryl methyl sites for hydroxylation is 3. The molecule has 1 N–H and O–H groups in total. The van der Waals surface area contributed by atoms with Gasteiger partial charge in [-0.15, -0.1) is 0 Å². The maximum Gasteiger partial charge on any atom is 0.259 e. The minimum Gasteiger partial charge on any atom is -0.332 e. The fourth-order valence-electron chi connectivity index (χ4n) is 3.08. The first-order valence-corrected chi connectivity index (χ1v) is 10.0. The van der Waals surface area contributed by atoms with Gasteiger partial charge in [-0.2, -0.15) is 5.10 Å². The van der Waals surface area contributed by atoms with Crippen molar-refractivity contribution in [1.29, 1.82) is 0 Å². The van der Waals surface area contributed by atoms with Crippen molar-refractivity contribution in [3.05, 3.63) is 81.6 Å². The fourth-order valence-corrected chi connectivity index (χ4v) is 3.40. The van der Waals surface area contributed by atoms with Gasteiger partial charge in [0.15, 0.2) is 0 Å². The molecule has 3 aromatic rings. The highest BCUT2D eigenvalue weighted by Crippen LogP contribution is 2.22. The van der Waals surface area contributed by atoms with Gasteiger partial charge in [0.05, 0.1) is 24.3 Å². The van der Waals surface area contributed by atoms with E-state index >= 15 is 0 Å². The number of aromatic nitrogens is 2. The molecule has 2 amide bonds. The summed E-state index contributed by atoms with van der Waals surface area (Å²) in [5, 5.41) is 7.48. The lowest BCUT2D eigenvalue weighted by Gasteiger charge is -2.17. The van der Waals surface area contributed by atoms with Crippen LogP contribution in [-0.2, 0) is 11.3 Å². The minimum atomic E-state index is -0.341. The Labute approximate surface area is 181 Å². The van der Waals surface area contributed by atoms with Crippen molar-refractivity contribution in [2.75, 3.05) is 18.9 Å². The molecule has 6 nitrogen and oxygen atoms in total. The second kappa shape index (κ2) is 9.13. The summed E-state index contributed by atoms with van der Waals surface area (Å²) in [5.74, 6) is -0.623. The normalized spacial score (nSPS) is 10.7. The number of hydrogen-bond acceptors (Lipinski definition) is 3. The van der Waals surface area contributed by atoms with Crippen molar-refractivity contribution in [2.24, 2.45) is 0 Å². The molecular formula is C23H25ClN4O2. The van der Waals surface area contributed by atoms with Gasteiger partial charge in [0, 0.05) is 12.7 Å². The predicted octanol–water partition coefficient (Wildman–Crippen LogP) is 4.22. The Hall–Kier alpha value is -3.12. The highest BCUT2D eigenvalue weighted by Gasteiger charge is 2.24. The van der Waals surface area contributed by atoms with Gasteiger partial charge in [-0.3, -0.25) is 9.59 Å². The molecule has 156 valence electrons. The molecule has 0 spiro atoms. The van der Waals surface area contributed by atoms with Crippen LogP contribution in [-0.4, -0.2) is 40.1 Å². The SMILES string of the molecule is Cc1ccc(Cn2nc(C)c(C(=O)N(C)CC(=O)Nc3ccc(C)cc3)c2Cl)cc1. The standard InChI is InChI=1S/C23H25ClN4O2/c1-15-5-9-18(10-6-15)13-28-22(24)21(17(3)26-28)23(30)27(4)14-20(29)25-19-11-7-16(2)8-12-19/h5-12H,13-14H2,1-4H3,(H,25,29). The Morgan fingerprint density at radius 2 is 1.57 bits per heavy atom. The molecule has 0 aliphatic rings. The highest BCUT2D eigenvalue weighted by atomic mass is 35.5. The highest BCUT2D eigenvalue weighted by molar-refractivity contribution is 6.33. The van der Waals surface area contributed by atoms with Crippen LogP contribution in [0.2, 0.25) is 5.15 Å². The van der Waals surface area contributed by atoms with Crippen LogP contribution < -0.4 is 5.32 Å². The van der Waals surface area contributed by atoms with Gasteiger partial charge in [-0.25, -0.2) is 4.68 Å². The first kappa shape index (κ1) is 21.6. The third-order valence-electron chi connectivity index (χ3n) is 4.80. The second-order valence-corrected chi connectivity index (χ2v) is 7.83. The largest absolute Gasteiger partial charge is 0.332 e. The van der Waals surface area contributed by atoms with Gasteiger partial charge in [0.1, 0.15) is 5.15 Å². The zero-order valence-electron chi connectivity index (χ0n) is 17.6. The molecule has 0 unspecified atom stereocenters. The Kier molecular flexibility index (Phi) is 6.57. The average Bonchev–Trinajstić information content (AvgIpc) is 2.98. The molecule has 3 rings (SSSR count). The first-order chi connectivity index (χ1) is 14.2. The molecule has 0 fully saturated rings. The molecule has 0 bridgehead atoms. The smallest absolute Gasteiger partial charge is 0.259 e. The third kappa shape index (κ3) is 5.07. The van der Waals surface area contributed by atoms with E-state index in [1.54, 1.807) is 18.7 Å². The summed E-state index contributed by atoms with van der Waals surface area (Å²) in [6.07, 6.45) is 0. The van der Waals surface area contributed by atoms with E-state index in [-0.39, 0.29) is 23.5 Å². The maximum atomic E-state index is 12.9. The van der Waals surface area contributed by atoms with Crippen molar-refractivity contribution < 1.29 is 9.59 Å². The molecule has 0 saturated carbocycles. The number of amides is 2. The van der Waals surface area contributed by atoms with Gasteiger partial charge in [-0.05, 0) is 38.5 Å². The fraction of sp³-hybridized carbons (Fsp3) is 0.261. The van der Waals surface area contributed by atoms with E-state index < -0.39 is 0 Å². The maximum absolute atomic E-state index is 12.9. The van der Waals surface area contributed by atoms with Crippen molar-refractivity contribution >= 4 is 29.1 Å². The molecule has 0 atom stereocenters. The Balaban J connectivity index is 1.69. The van der Waals surface area contributed by atoms with Crippen LogP contribution in [0.15, 0.2) is 48.5 Å². The van der Waals surface area contributed by atoms with Gasteiger partial charge < -0.3 is 10.2 Å². The van der Waals surface area contributed by atoms with Crippen molar-refractivity contribution in [3.63, 3.8) is 0 Å². The van der Waals surface area contributed by atoms with Crippen molar-refractivity contribution in [2.45, 2.75) is 27.3 Å². The van der Waals surface area contributed by atoms with E-state index in [2.05, 4.69) is 10.4 Å². The summed E-state index contributed by atoms with van der Waals surface area (Å²) in [4.78, 5) is 26.6. The Bertz CT molecular complexity index is 1060. The number of rotatable bonds is 6. The van der Waals surface area contributed by atoms with Gasteiger partial charge in [0.25, 0.3) is 5.91 Å². The lowest BCUT2D eigenvalue weighted by Crippen LogP contribution is -2.35. The van der Waals surface area contributed by atoms with E-state index in [9.17, 15) is 9.59 Å². The molecule has 0 radical (unpaired) electrons. The third-order valence-corrected chi connectivity index (χ3v) is 5.18. The van der Waals surface area contributed by atoms with Crippen molar-refractivity contribution in [3.8, 4) is 0 Å². The Morgan fingerprint density at radius 1 is 1.00 bits per heavy atom. The number of anilines is 1. The summed E-state index contributed by atoms with van der Waals surface area (Å²) in [7, 11) is 1.57. The molecule has 0 saturated heterocycles. The second-order valence-electron chi connectivity index (χ2n) is 7.47. The molecular weight excluding hydrogens is 400 g/mol. The summed E-state index contributed by atoms with van der Waals surface area (Å²) < 4.78 is 1.61. The number of nitrogens with one attached hydrogen (secondary N) is 1. The number of carbonyl (C=O) groups is 2. The minimum absolute atomic E-state index is 0.0916. The van der Waals surface area contributed by atoms with Crippen LogP contribution in [0.4, 0.5) is 5.69 Å². The molecule has 30 heavy (non-hydrogen) atoms. The number of benzene rings is 2. The van der Waals surface area contributed by atoms with E-state index in [0.717, 1.165) is 11.1 Å². The molecule has 7 heteroatoms. The monoisotopic (exact) mass is 424 g/mol. The summed E-state index contributed by atoms with van der Waals surface area (Å²) in [6, 6.07) is 15.5. The van der Waals surface area contributed by atoms with Gasteiger partial charge in [-0.1, -0.05) is 59.1 Å². The van der Waals surface area contributed by atoms with Crippen LogP contribution in [0.3, 0.4) is 0 Å². The van der Waals surface area contributed by atoms with Crippen LogP contribution >= 0.6 is 11.6 Å². The average molecular weight is 425 g/mol. The van der Waals surface area contributed by atoms with Crippen LogP contribution in [0.5, 0.6) is 0 Å². The zero-order valence-corrected chi connectivity index (χ0v) is 18.3. The Morgan fingerprint density at radius 3 is 2.17 bits per heavy atom. The number of hydrogen-bond donors (Lipinski definition) is 1. The summed E-state index contributed by atoms with van der Waals surface area (Å²) in [5.41, 5.74) is 4.84. The molecule has 0 aliphatic heterocycles. The summed E-state index contributed by atoms with van der Waals surface area (Å²) >= 11 is 6.48. The number of halogens is 1. The van der Waals surface area contributed by atoms with Crippen molar-refractivity contribution in [1.82, 2.24) is 14.7 Å². The number of likely N-dealkylation sites (N-methyl/N-ethyl adjacent to an activating group) is 1. The number of carbonyl (C=O) groups excluding carboxylic acids is 2. The molecule has 0 aliphatic carbocycles. The van der Waals surface area contributed by atoms with Gasteiger partial charge in [0.2, 0.25) is 5.91 Å². The lowest BCUT2D eigenvalue weighted by molar-refractivity contribution is -0.116. The van der Waals surface area contributed by atoms with Crippen LogP contribution in [0.1, 0.15) is 32.7 Å². The molecule has 2 aromatic carbocycles. The van der Waals surface area contributed by atoms with Crippen LogP contribution in [0.25, 0.3) is 0 Å². The zero-order chi connectivity index (χ0) is 21.8. The molecule has 1 aromatic heterocycles. The van der Waals surface area contributed by atoms with E-state index in [0.29, 0.717) is 23.5 Å². The van der Waals surface area contributed by atoms with E-state index in [1.807, 2.05) is 62.4 Å². The van der Waals surface area contributed by atoms with E-state index in [1.165, 1.54) is 10.5 Å². The first-order valence-electron chi connectivity index (χ1n) is 9.65. The quantitative estimate of drug-likeness (QED) is 0.644. The van der Waals surface area contributed by atoms with Crippen LogP contribution in [0, 0.1) is 20.8 Å². The number of nitrogens with zero attached hydrogens (tertiary/aromatic N) is 3. The molecule has 1 heterocycles. The predicted molar refractivity (Wildman–Crippen MR) is 119 cm³/mol. The summed E-state index contributed by atoms with van der Waals surface area (Å²) in [6.45, 7) is 6.11. The topological polar surface area (TPSA) is 67.2 Å². The lowest BCUT2D eigenvalue weighted by atomic mass is 10.1. The van der Waals surface area contributed by atoms with Gasteiger partial charge >= 0.3 is 0 Å². The van der Waals surface area contributed by atoms with E-state index in [4.69, 9.17) is 11.6 Å².